The van der Waals surface area contributed by atoms with Crippen molar-refractivity contribution in [2.75, 3.05) is 27.3 Å². The largest absolute Gasteiger partial charge is 0.496 e. The second kappa shape index (κ2) is 7.96. The minimum absolute atomic E-state index is 0.173. The highest BCUT2D eigenvalue weighted by Crippen LogP contribution is 2.36. The van der Waals surface area contributed by atoms with Gasteiger partial charge in [-0.3, -0.25) is 9.69 Å². The Morgan fingerprint density at radius 2 is 1.85 bits per heavy atom. The van der Waals surface area contributed by atoms with Gasteiger partial charge in [-0.1, -0.05) is 18.2 Å². The fourth-order valence-corrected chi connectivity index (χ4v) is 3.91. The van der Waals surface area contributed by atoms with Crippen LogP contribution in [-0.2, 0) is 11.3 Å². The number of carboxylic acids is 1. The molecule has 5 nitrogen and oxygen atoms in total. The van der Waals surface area contributed by atoms with Crippen LogP contribution in [0.15, 0.2) is 36.4 Å². The van der Waals surface area contributed by atoms with Gasteiger partial charge in [-0.25, -0.2) is 4.39 Å². The van der Waals surface area contributed by atoms with E-state index in [0.29, 0.717) is 19.6 Å². The van der Waals surface area contributed by atoms with Gasteiger partial charge in [0.05, 0.1) is 20.1 Å². The van der Waals surface area contributed by atoms with Gasteiger partial charge in [-0.2, -0.15) is 0 Å². The number of carbonyl (C=O) groups is 1. The fraction of sp³-hybridized carbons (Fsp3) is 0.381. The zero-order chi connectivity index (χ0) is 19.6. The third kappa shape index (κ3) is 3.90. The molecule has 0 aliphatic carbocycles. The Bertz CT molecular complexity index is 822. The molecule has 27 heavy (non-hydrogen) atoms. The summed E-state index contributed by atoms with van der Waals surface area (Å²) in [5.74, 6) is -0.339. The van der Waals surface area contributed by atoms with E-state index in [1.807, 2.05) is 19.1 Å². The molecule has 1 fully saturated rings. The number of hydrogen-bond donors (Lipinski definition) is 1. The normalized spacial score (nSPS) is 19.9. The molecule has 0 bridgehead atoms. The number of halogens is 1. The number of aliphatic carboxylic acids is 1. The SMILES string of the molecule is COc1ccc(CN2C[C@@H](C(=O)O)[C@H](c3ccc(F)cc3)C2)c(OC)c1C. The van der Waals surface area contributed by atoms with Gasteiger partial charge in [0.25, 0.3) is 0 Å². The van der Waals surface area contributed by atoms with E-state index >= 15 is 0 Å². The third-order valence-electron chi connectivity index (χ3n) is 5.27. The first-order chi connectivity index (χ1) is 12.9. The van der Waals surface area contributed by atoms with Crippen LogP contribution in [0.2, 0.25) is 0 Å². The number of methoxy groups -OCH3 is 2. The molecule has 1 aliphatic heterocycles. The molecule has 144 valence electrons. The fourth-order valence-electron chi connectivity index (χ4n) is 3.91. The van der Waals surface area contributed by atoms with Gasteiger partial charge < -0.3 is 14.6 Å². The van der Waals surface area contributed by atoms with Gasteiger partial charge in [0.1, 0.15) is 17.3 Å². The molecule has 3 rings (SSSR count). The van der Waals surface area contributed by atoms with Crippen LogP contribution in [0.4, 0.5) is 4.39 Å². The van der Waals surface area contributed by atoms with E-state index < -0.39 is 11.9 Å². The molecule has 1 saturated heterocycles. The molecule has 1 N–H and O–H groups in total. The lowest BCUT2D eigenvalue weighted by Gasteiger charge is -2.20. The first-order valence-electron chi connectivity index (χ1n) is 8.85. The van der Waals surface area contributed by atoms with Crippen molar-refractivity contribution in [3.05, 3.63) is 58.9 Å². The van der Waals surface area contributed by atoms with Crippen molar-refractivity contribution >= 4 is 5.97 Å². The molecule has 2 atom stereocenters. The van der Waals surface area contributed by atoms with Crippen molar-refractivity contribution in [3.8, 4) is 11.5 Å². The molecule has 0 aromatic heterocycles. The van der Waals surface area contributed by atoms with Gasteiger partial charge >= 0.3 is 5.97 Å². The molecular formula is C21H24FNO4. The van der Waals surface area contributed by atoms with Crippen LogP contribution in [-0.4, -0.2) is 43.3 Å². The van der Waals surface area contributed by atoms with E-state index in [0.717, 1.165) is 28.2 Å². The van der Waals surface area contributed by atoms with Gasteiger partial charge in [0, 0.05) is 36.7 Å². The summed E-state index contributed by atoms with van der Waals surface area (Å²) in [4.78, 5) is 13.9. The lowest BCUT2D eigenvalue weighted by Crippen LogP contribution is -2.23. The minimum atomic E-state index is -0.829. The number of likely N-dealkylation sites (tertiary alicyclic amines) is 1. The topological polar surface area (TPSA) is 59.0 Å². The first kappa shape index (κ1) is 19.2. The van der Waals surface area contributed by atoms with Crippen molar-refractivity contribution in [2.45, 2.75) is 19.4 Å². The monoisotopic (exact) mass is 373 g/mol. The Hall–Kier alpha value is -2.60. The van der Waals surface area contributed by atoms with Crippen molar-refractivity contribution in [2.24, 2.45) is 5.92 Å². The number of ether oxygens (including phenoxy) is 2. The van der Waals surface area contributed by atoms with Crippen LogP contribution in [0.3, 0.4) is 0 Å². The van der Waals surface area contributed by atoms with Crippen molar-refractivity contribution in [3.63, 3.8) is 0 Å². The van der Waals surface area contributed by atoms with E-state index in [-0.39, 0.29) is 11.7 Å². The number of carboxylic acid groups (broad SMARTS) is 1. The molecule has 0 saturated carbocycles. The summed E-state index contributed by atoms with van der Waals surface area (Å²) in [6.45, 7) is 3.55. The van der Waals surface area contributed by atoms with Crippen LogP contribution < -0.4 is 9.47 Å². The summed E-state index contributed by atoms with van der Waals surface area (Å²) in [5, 5.41) is 9.65. The van der Waals surface area contributed by atoms with Crippen molar-refractivity contribution < 1.29 is 23.8 Å². The molecule has 1 heterocycles. The Labute approximate surface area is 158 Å². The Balaban J connectivity index is 1.83. The van der Waals surface area contributed by atoms with Crippen molar-refractivity contribution in [1.29, 1.82) is 0 Å². The van der Waals surface area contributed by atoms with E-state index in [4.69, 9.17) is 9.47 Å². The second-order valence-electron chi connectivity index (χ2n) is 6.88. The average molecular weight is 373 g/mol. The van der Waals surface area contributed by atoms with Crippen molar-refractivity contribution in [1.82, 2.24) is 4.90 Å². The highest BCUT2D eigenvalue weighted by atomic mass is 19.1. The van der Waals surface area contributed by atoms with Crippen LogP contribution in [0, 0.1) is 18.7 Å². The maximum absolute atomic E-state index is 13.2. The zero-order valence-corrected chi connectivity index (χ0v) is 15.7. The standard InChI is InChI=1S/C21H24FNO4/c1-13-19(26-2)9-6-15(20(13)27-3)10-23-11-17(18(12-23)21(24)25)14-4-7-16(22)8-5-14/h4-9,17-18H,10-12H2,1-3H3,(H,24,25)/t17-,18+/m0/s1. The summed E-state index contributed by atoms with van der Waals surface area (Å²) in [7, 11) is 3.24. The molecule has 6 heteroatoms. The first-order valence-corrected chi connectivity index (χ1v) is 8.85. The van der Waals surface area contributed by atoms with Crippen LogP contribution in [0.5, 0.6) is 11.5 Å². The number of hydrogen-bond acceptors (Lipinski definition) is 4. The number of benzene rings is 2. The van der Waals surface area contributed by atoms with Crippen LogP contribution in [0.1, 0.15) is 22.6 Å². The van der Waals surface area contributed by atoms with Crippen LogP contribution in [0.25, 0.3) is 0 Å². The summed E-state index contributed by atoms with van der Waals surface area (Å²) in [5.41, 5.74) is 2.76. The Kier molecular flexibility index (Phi) is 5.65. The quantitative estimate of drug-likeness (QED) is 0.840. The van der Waals surface area contributed by atoms with Gasteiger partial charge in [0.15, 0.2) is 0 Å². The second-order valence-corrected chi connectivity index (χ2v) is 6.88. The van der Waals surface area contributed by atoms with E-state index in [9.17, 15) is 14.3 Å². The maximum Gasteiger partial charge on any atom is 0.308 e. The van der Waals surface area contributed by atoms with Crippen LogP contribution >= 0.6 is 0 Å². The summed E-state index contributed by atoms with van der Waals surface area (Å²) in [6.07, 6.45) is 0. The predicted octanol–water partition coefficient (Wildman–Crippen LogP) is 3.45. The molecule has 2 aromatic rings. The average Bonchev–Trinajstić information content (AvgIpc) is 3.07. The number of nitrogens with zero attached hydrogens (tertiary/aromatic N) is 1. The molecular weight excluding hydrogens is 349 g/mol. The highest BCUT2D eigenvalue weighted by Gasteiger charge is 2.38. The highest BCUT2D eigenvalue weighted by molar-refractivity contribution is 5.72. The summed E-state index contributed by atoms with van der Waals surface area (Å²) in [6, 6.07) is 9.97. The Morgan fingerprint density at radius 3 is 2.44 bits per heavy atom. The maximum atomic E-state index is 13.2. The lowest BCUT2D eigenvalue weighted by molar-refractivity contribution is -0.141. The molecule has 0 amide bonds. The zero-order valence-electron chi connectivity index (χ0n) is 15.7. The van der Waals surface area contributed by atoms with Gasteiger partial charge in [-0.05, 0) is 30.7 Å². The smallest absolute Gasteiger partial charge is 0.308 e. The molecule has 0 radical (unpaired) electrons. The molecule has 0 unspecified atom stereocenters. The molecule has 2 aromatic carbocycles. The minimum Gasteiger partial charge on any atom is -0.496 e. The molecule has 0 spiro atoms. The summed E-state index contributed by atoms with van der Waals surface area (Å²) < 4.78 is 24.1. The summed E-state index contributed by atoms with van der Waals surface area (Å²) >= 11 is 0. The van der Waals surface area contributed by atoms with E-state index in [1.165, 1.54) is 12.1 Å². The lowest BCUT2D eigenvalue weighted by atomic mass is 9.89. The Morgan fingerprint density at radius 1 is 1.15 bits per heavy atom. The third-order valence-corrected chi connectivity index (χ3v) is 5.27. The number of rotatable bonds is 6. The van der Waals surface area contributed by atoms with E-state index in [2.05, 4.69) is 4.90 Å². The van der Waals surface area contributed by atoms with Gasteiger partial charge in [0.2, 0.25) is 0 Å². The predicted molar refractivity (Wildman–Crippen MR) is 99.8 cm³/mol. The van der Waals surface area contributed by atoms with Gasteiger partial charge in [-0.15, -0.1) is 0 Å². The van der Waals surface area contributed by atoms with E-state index in [1.54, 1.807) is 26.4 Å². The molecule has 1 aliphatic rings.